The van der Waals surface area contributed by atoms with Crippen LogP contribution in [-0.4, -0.2) is 29.5 Å². The fourth-order valence-electron chi connectivity index (χ4n) is 1.82. The van der Waals surface area contributed by atoms with E-state index in [1.54, 1.807) is 24.3 Å². The molecular weight excluding hydrogens is 256 g/mol. The second kappa shape index (κ2) is 6.77. The van der Waals surface area contributed by atoms with Gasteiger partial charge in [0, 0.05) is 12.7 Å². The average Bonchev–Trinajstić information content (AvgIpc) is 2.97. The first-order chi connectivity index (χ1) is 9.69. The minimum Gasteiger partial charge on any atom is -0.467 e. The first kappa shape index (κ1) is 14.1. The summed E-state index contributed by atoms with van der Waals surface area (Å²) in [6, 6.07) is 11.0. The Labute approximate surface area is 117 Å². The number of carbonyl (C=O) groups is 1. The zero-order valence-electron chi connectivity index (χ0n) is 11.4. The highest BCUT2D eigenvalue weighted by atomic mass is 16.3. The zero-order chi connectivity index (χ0) is 14.4. The summed E-state index contributed by atoms with van der Waals surface area (Å²) in [5.74, 6) is 0.721. The van der Waals surface area contributed by atoms with Gasteiger partial charge >= 0.3 is 0 Å². The number of benzene rings is 1. The number of anilines is 1. The molecule has 1 aromatic heterocycles. The Kier molecular flexibility index (Phi) is 4.79. The lowest BCUT2D eigenvalue weighted by Crippen LogP contribution is -2.31. The smallest absolute Gasteiger partial charge is 0.242 e. The van der Waals surface area contributed by atoms with Crippen LogP contribution in [0.5, 0.6) is 0 Å². The summed E-state index contributed by atoms with van der Waals surface area (Å²) in [6.45, 7) is 0.637. The molecule has 0 unspecified atom stereocenters. The molecule has 0 saturated heterocycles. The first-order valence-corrected chi connectivity index (χ1v) is 6.39. The van der Waals surface area contributed by atoms with Crippen molar-refractivity contribution in [3.63, 3.8) is 0 Å². The van der Waals surface area contributed by atoms with Gasteiger partial charge in [-0.25, -0.2) is 0 Å². The van der Waals surface area contributed by atoms with Crippen molar-refractivity contribution in [3.8, 4) is 0 Å². The van der Waals surface area contributed by atoms with Gasteiger partial charge in [-0.1, -0.05) is 12.1 Å². The number of nitrogens with zero attached hydrogens (tertiary/aromatic N) is 1. The second-order valence-electron chi connectivity index (χ2n) is 4.54. The monoisotopic (exact) mass is 274 g/mol. The maximum Gasteiger partial charge on any atom is 0.242 e. The number of rotatable bonds is 6. The number of furan rings is 1. The van der Waals surface area contributed by atoms with E-state index in [1.165, 1.54) is 0 Å². The van der Waals surface area contributed by atoms with Crippen LogP contribution < -0.4 is 5.32 Å². The van der Waals surface area contributed by atoms with Gasteiger partial charge in [-0.05, 0) is 29.8 Å². The molecule has 0 aliphatic heterocycles. The summed E-state index contributed by atoms with van der Waals surface area (Å²) in [4.78, 5) is 13.6. The number of aliphatic hydroxyl groups is 1. The van der Waals surface area contributed by atoms with E-state index in [2.05, 4.69) is 5.32 Å². The molecule has 5 nitrogen and oxygen atoms in total. The normalized spacial score (nSPS) is 10.3. The summed E-state index contributed by atoms with van der Waals surface area (Å²) in [7, 11) is 1.73. The lowest BCUT2D eigenvalue weighted by Gasteiger charge is -2.16. The van der Waals surface area contributed by atoms with Crippen LogP contribution in [0, 0.1) is 0 Å². The SMILES string of the molecule is CN(Cc1ccco1)C(=O)CNc1cccc(CO)c1. The molecule has 1 amide bonds. The van der Waals surface area contributed by atoms with Crippen molar-refractivity contribution in [2.45, 2.75) is 13.2 Å². The van der Waals surface area contributed by atoms with Crippen molar-refractivity contribution < 1.29 is 14.3 Å². The van der Waals surface area contributed by atoms with Crippen molar-refractivity contribution >= 4 is 11.6 Å². The van der Waals surface area contributed by atoms with E-state index in [1.807, 2.05) is 30.3 Å². The zero-order valence-corrected chi connectivity index (χ0v) is 11.4. The van der Waals surface area contributed by atoms with E-state index in [9.17, 15) is 4.79 Å². The standard InChI is InChI=1S/C15H18N2O3/c1-17(10-14-6-3-7-20-14)15(19)9-16-13-5-2-4-12(8-13)11-18/h2-8,16,18H,9-11H2,1H3. The van der Waals surface area contributed by atoms with Gasteiger partial charge in [0.25, 0.3) is 0 Å². The molecule has 2 N–H and O–H groups in total. The topological polar surface area (TPSA) is 65.7 Å². The number of aliphatic hydroxyl groups excluding tert-OH is 1. The highest BCUT2D eigenvalue weighted by molar-refractivity contribution is 5.80. The molecule has 20 heavy (non-hydrogen) atoms. The summed E-state index contributed by atoms with van der Waals surface area (Å²) in [5.41, 5.74) is 1.63. The van der Waals surface area contributed by atoms with Gasteiger partial charge in [-0.3, -0.25) is 4.79 Å². The summed E-state index contributed by atoms with van der Waals surface area (Å²) in [6.07, 6.45) is 1.59. The summed E-state index contributed by atoms with van der Waals surface area (Å²) >= 11 is 0. The Bertz CT molecular complexity index is 552. The molecule has 2 rings (SSSR count). The van der Waals surface area contributed by atoms with Gasteiger partial charge in [0.2, 0.25) is 5.91 Å². The minimum absolute atomic E-state index is 0.0120. The van der Waals surface area contributed by atoms with Crippen LogP contribution in [0.1, 0.15) is 11.3 Å². The maximum atomic E-state index is 12.0. The molecule has 0 spiro atoms. The quantitative estimate of drug-likeness (QED) is 0.843. The predicted octanol–water partition coefficient (Wildman–Crippen LogP) is 1.84. The number of carbonyl (C=O) groups excluding carboxylic acids is 1. The third-order valence-corrected chi connectivity index (χ3v) is 2.95. The van der Waals surface area contributed by atoms with Crippen LogP contribution in [0.3, 0.4) is 0 Å². The molecule has 0 radical (unpaired) electrons. The summed E-state index contributed by atoms with van der Waals surface area (Å²) in [5, 5.41) is 12.1. The van der Waals surface area contributed by atoms with Gasteiger partial charge in [-0.15, -0.1) is 0 Å². The molecule has 106 valence electrons. The molecule has 0 aliphatic carbocycles. The fraction of sp³-hybridized carbons (Fsp3) is 0.267. The fourth-order valence-corrected chi connectivity index (χ4v) is 1.82. The van der Waals surface area contributed by atoms with Crippen molar-refractivity contribution in [1.82, 2.24) is 4.90 Å². The van der Waals surface area contributed by atoms with Crippen LogP contribution in [0.4, 0.5) is 5.69 Å². The Morgan fingerprint density at radius 2 is 2.20 bits per heavy atom. The molecule has 0 atom stereocenters. The first-order valence-electron chi connectivity index (χ1n) is 6.39. The Balaban J connectivity index is 1.84. The van der Waals surface area contributed by atoms with Gasteiger partial charge in [0.15, 0.2) is 0 Å². The lowest BCUT2D eigenvalue weighted by molar-refractivity contribution is -0.128. The van der Waals surface area contributed by atoms with E-state index >= 15 is 0 Å². The Hall–Kier alpha value is -2.27. The highest BCUT2D eigenvalue weighted by Gasteiger charge is 2.10. The number of amides is 1. The van der Waals surface area contributed by atoms with Crippen LogP contribution in [0.2, 0.25) is 0 Å². The van der Waals surface area contributed by atoms with Crippen LogP contribution >= 0.6 is 0 Å². The second-order valence-corrected chi connectivity index (χ2v) is 4.54. The molecule has 2 aromatic rings. The third kappa shape index (κ3) is 3.86. The van der Waals surface area contributed by atoms with Gasteiger partial charge in [-0.2, -0.15) is 0 Å². The molecule has 1 heterocycles. The van der Waals surface area contributed by atoms with E-state index < -0.39 is 0 Å². The number of nitrogens with one attached hydrogen (secondary N) is 1. The van der Waals surface area contributed by atoms with E-state index in [4.69, 9.17) is 9.52 Å². The van der Waals surface area contributed by atoms with E-state index in [0.717, 1.165) is 17.0 Å². The van der Waals surface area contributed by atoms with Crippen molar-refractivity contribution in [1.29, 1.82) is 0 Å². The Morgan fingerprint density at radius 1 is 1.35 bits per heavy atom. The molecule has 0 aliphatic rings. The highest BCUT2D eigenvalue weighted by Crippen LogP contribution is 2.10. The molecule has 0 saturated carbocycles. The molecule has 5 heteroatoms. The van der Waals surface area contributed by atoms with Crippen molar-refractivity contribution in [3.05, 3.63) is 54.0 Å². The number of hydrogen-bond donors (Lipinski definition) is 2. The van der Waals surface area contributed by atoms with Gasteiger partial charge < -0.3 is 19.7 Å². The van der Waals surface area contributed by atoms with Crippen LogP contribution in [-0.2, 0) is 17.9 Å². The maximum absolute atomic E-state index is 12.0. The van der Waals surface area contributed by atoms with Crippen molar-refractivity contribution in [2.75, 3.05) is 18.9 Å². The van der Waals surface area contributed by atoms with Crippen LogP contribution in [0.15, 0.2) is 47.1 Å². The van der Waals surface area contributed by atoms with E-state index in [-0.39, 0.29) is 19.1 Å². The van der Waals surface area contributed by atoms with E-state index in [0.29, 0.717) is 6.54 Å². The van der Waals surface area contributed by atoms with Gasteiger partial charge in [0.05, 0.1) is 26.0 Å². The minimum atomic E-state index is -0.0317. The molecule has 0 bridgehead atoms. The molecule has 0 fully saturated rings. The molecule has 1 aromatic carbocycles. The third-order valence-electron chi connectivity index (χ3n) is 2.95. The average molecular weight is 274 g/mol. The predicted molar refractivity (Wildman–Crippen MR) is 76.0 cm³/mol. The van der Waals surface area contributed by atoms with Crippen LogP contribution in [0.25, 0.3) is 0 Å². The number of hydrogen-bond acceptors (Lipinski definition) is 4. The lowest BCUT2D eigenvalue weighted by atomic mass is 10.2. The molecular formula is C15H18N2O3. The van der Waals surface area contributed by atoms with Gasteiger partial charge in [0.1, 0.15) is 5.76 Å². The largest absolute Gasteiger partial charge is 0.467 e. The number of likely N-dealkylation sites (N-methyl/N-ethyl adjacent to an activating group) is 1. The summed E-state index contributed by atoms with van der Waals surface area (Å²) < 4.78 is 5.21. The van der Waals surface area contributed by atoms with Crippen molar-refractivity contribution in [2.24, 2.45) is 0 Å². The Morgan fingerprint density at radius 3 is 2.90 bits per heavy atom.